The van der Waals surface area contributed by atoms with Crippen molar-refractivity contribution in [2.75, 3.05) is 7.11 Å². The van der Waals surface area contributed by atoms with E-state index >= 15 is 0 Å². The van der Waals surface area contributed by atoms with E-state index in [-0.39, 0.29) is 12.3 Å². The number of thiophene rings is 1. The first-order valence-corrected chi connectivity index (χ1v) is 8.33. The van der Waals surface area contributed by atoms with E-state index < -0.39 is 0 Å². The molecule has 0 aliphatic heterocycles. The Balaban J connectivity index is 2.04. The Morgan fingerprint density at radius 3 is 2.62 bits per heavy atom. The van der Waals surface area contributed by atoms with Gasteiger partial charge in [-0.1, -0.05) is 6.07 Å². The molecule has 0 fully saturated rings. The topological polar surface area (TPSA) is 55.0 Å². The molecule has 0 spiro atoms. The number of Topliss-reactive ketones (excluding diaryl/α,β-unsaturated/α-hetero) is 1. The normalized spacial score (nSPS) is 10.4. The molecule has 4 nitrogen and oxygen atoms in total. The van der Waals surface area contributed by atoms with Gasteiger partial charge in [-0.3, -0.25) is 4.79 Å². The number of carbonyl (C=O) groups excluding carboxylic acids is 1. The van der Waals surface area contributed by atoms with Crippen LogP contribution in [0.3, 0.4) is 0 Å². The molecular formula is C19H16N2O2S. The Bertz CT molecular complexity index is 900. The second-order valence-electron chi connectivity index (χ2n) is 5.37. The van der Waals surface area contributed by atoms with Crippen LogP contribution in [0.2, 0.25) is 0 Å². The highest BCUT2D eigenvalue weighted by Crippen LogP contribution is 2.29. The summed E-state index contributed by atoms with van der Waals surface area (Å²) in [5.41, 5.74) is 3.11. The summed E-state index contributed by atoms with van der Waals surface area (Å²) in [6.07, 6.45) is 0. The lowest BCUT2D eigenvalue weighted by atomic mass is 10.1. The third-order valence-corrected chi connectivity index (χ3v) is 4.80. The molecule has 5 heteroatoms. The van der Waals surface area contributed by atoms with Crippen molar-refractivity contribution in [1.29, 1.82) is 5.26 Å². The minimum atomic E-state index is 0.0444. The van der Waals surface area contributed by atoms with Gasteiger partial charge in [0.05, 0.1) is 29.8 Å². The molecule has 3 aromatic rings. The van der Waals surface area contributed by atoms with Crippen molar-refractivity contribution < 1.29 is 9.53 Å². The highest BCUT2D eigenvalue weighted by Gasteiger charge is 2.18. The van der Waals surface area contributed by atoms with Crippen LogP contribution in [-0.4, -0.2) is 17.5 Å². The fraction of sp³-hybridized carbons (Fsp3) is 0.158. The van der Waals surface area contributed by atoms with E-state index in [1.54, 1.807) is 7.11 Å². The first kappa shape index (κ1) is 16.0. The van der Waals surface area contributed by atoms with Crippen molar-refractivity contribution in [3.05, 3.63) is 64.0 Å². The van der Waals surface area contributed by atoms with E-state index in [4.69, 9.17) is 4.74 Å². The van der Waals surface area contributed by atoms with Gasteiger partial charge in [-0.2, -0.15) is 5.26 Å². The number of nitrogens with zero attached hydrogens (tertiary/aromatic N) is 2. The third-order valence-electron chi connectivity index (χ3n) is 3.89. The number of hydrogen-bond acceptors (Lipinski definition) is 4. The zero-order valence-corrected chi connectivity index (χ0v) is 14.3. The molecule has 1 aromatic carbocycles. The molecule has 0 saturated heterocycles. The lowest BCUT2D eigenvalue weighted by Gasteiger charge is -2.12. The van der Waals surface area contributed by atoms with Gasteiger partial charge < -0.3 is 9.30 Å². The van der Waals surface area contributed by atoms with Gasteiger partial charge in [0.1, 0.15) is 11.8 Å². The molecule has 0 unspecified atom stereocenters. The standard InChI is InChI=1S/C19H16N2O2S/c1-13-10-15(11-20)19(14-5-7-16(23-2)8-6-14)21(13)12-17(22)18-4-3-9-24-18/h3-10H,12H2,1-2H3. The Morgan fingerprint density at radius 1 is 1.29 bits per heavy atom. The minimum Gasteiger partial charge on any atom is -0.497 e. The third kappa shape index (κ3) is 2.97. The molecule has 0 aliphatic carbocycles. The van der Waals surface area contributed by atoms with Crippen LogP contribution in [0, 0.1) is 18.3 Å². The zero-order chi connectivity index (χ0) is 17.1. The lowest BCUT2D eigenvalue weighted by molar-refractivity contribution is 0.0976. The molecule has 2 heterocycles. The van der Waals surface area contributed by atoms with Crippen molar-refractivity contribution in [3.8, 4) is 23.1 Å². The lowest BCUT2D eigenvalue weighted by Crippen LogP contribution is -2.11. The first-order chi connectivity index (χ1) is 11.6. The fourth-order valence-electron chi connectivity index (χ4n) is 2.68. The van der Waals surface area contributed by atoms with Crippen LogP contribution < -0.4 is 4.74 Å². The van der Waals surface area contributed by atoms with Crippen molar-refractivity contribution in [2.45, 2.75) is 13.5 Å². The summed E-state index contributed by atoms with van der Waals surface area (Å²) in [4.78, 5) is 13.2. The minimum absolute atomic E-state index is 0.0444. The van der Waals surface area contributed by atoms with Gasteiger partial charge in [0.15, 0.2) is 5.78 Å². The highest BCUT2D eigenvalue weighted by molar-refractivity contribution is 7.12. The van der Waals surface area contributed by atoms with Crippen LogP contribution in [0.25, 0.3) is 11.3 Å². The highest BCUT2D eigenvalue weighted by atomic mass is 32.1. The molecule has 0 atom stereocenters. The molecule has 120 valence electrons. The number of nitriles is 1. The van der Waals surface area contributed by atoms with Gasteiger partial charge >= 0.3 is 0 Å². The van der Waals surface area contributed by atoms with Gasteiger partial charge in [-0.25, -0.2) is 0 Å². The van der Waals surface area contributed by atoms with Gasteiger partial charge in [-0.15, -0.1) is 11.3 Å². The molecule has 2 aromatic heterocycles. The number of carbonyl (C=O) groups is 1. The Hall–Kier alpha value is -2.84. The molecule has 24 heavy (non-hydrogen) atoms. The molecule has 0 saturated carbocycles. The summed E-state index contributed by atoms with van der Waals surface area (Å²) in [6, 6.07) is 15.3. The Morgan fingerprint density at radius 2 is 2.04 bits per heavy atom. The molecule has 0 aliphatic rings. The van der Waals surface area contributed by atoms with Crippen LogP contribution in [0.1, 0.15) is 20.9 Å². The van der Waals surface area contributed by atoms with E-state index in [2.05, 4.69) is 6.07 Å². The Labute approximate surface area is 144 Å². The fourth-order valence-corrected chi connectivity index (χ4v) is 3.34. The molecule has 0 bridgehead atoms. The summed E-state index contributed by atoms with van der Waals surface area (Å²) in [6.45, 7) is 2.13. The average Bonchev–Trinajstić information content (AvgIpc) is 3.24. The van der Waals surface area contributed by atoms with Crippen molar-refractivity contribution in [3.63, 3.8) is 0 Å². The quantitative estimate of drug-likeness (QED) is 0.653. The van der Waals surface area contributed by atoms with Gasteiger partial charge in [-0.05, 0) is 54.3 Å². The number of ketones is 1. The smallest absolute Gasteiger partial charge is 0.192 e. The maximum atomic E-state index is 12.5. The summed E-state index contributed by atoms with van der Waals surface area (Å²) in [5, 5.41) is 11.4. The monoisotopic (exact) mass is 336 g/mol. The Kier molecular flexibility index (Phi) is 4.50. The predicted molar refractivity (Wildman–Crippen MR) is 94.5 cm³/mol. The van der Waals surface area contributed by atoms with Gasteiger partial charge in [0.2, 0.25) is 0 Å². The van der Waals surface area contributed by atoms with Crippen molar-refractivity contribution in [1.82, 2.24) is 4.57 Å². The van der Waals surface area contributed by atoms with E-state index in [0.717, 1.165) is 27.6 Å². The molecule has 3 rings (SSSR count). The molecule has 0 amide bonds. The molecular weight excluding hydrogens is 320 g/mol. The number of ether oxygens (including phenoxy) is 1. The number of hydrogen-bond donors (Lipinski definition) is 0. The number of aromatic nitrogens is 1. The zero-order valence-electron chi connectivity index (χ0n) is 13.4. The number of aryl methyl sites for hydroxylation is 1. The van der Waals surface area contributed by atoms with E-state index in [1.807, 2.05) is 59.3 Å². The first-order valence-electron chi connectivity index (χ1n) is 7.45. The van der Waals surface area contributed by atoms with Crippen LogP contribution in [-0.2, 0) is 6.54 Å². The van der Waals surface area contributed by atoms with Crippen LogP contribution in [0.4, 0.5) is 0 Å². The van der Waals surface area contributed by atoms with Crippen molar-refractivity contribution >= 4 is 17.1 Å². The maximum Gasteiger partial charge on any atom is 0.192 e. The predicted octanol–water partition coefficient (Wildman–Crippen LogP) is 4.29. The van der Waals surface area contributed by atoms with Crippen LogP contribution in [0.15, 0.2) is 47.8 Å². The van der Waals surface area contributed by atoms with Gasteiger partial charge in [0, 0.05) is 5.69 Å². The average molecular weight is 336 g/mol. The van der Waals surface area contributed by atoms with E-state index in [1.165, 1.54) is 11.3 Å². The van der Waals surface area contributed by atoms with Crippen LogP contribution >= 0.6 is 11.3 Å². The molecule has 0 N–H and O–H groups in total. The summed E-state index contributed by atoms with van der Waals surface area (Å²) in [7, 11) is 1.61. The summed E-state index contributed by atoms with van der Waals surface area (Å²) < 4.78 is 7.09. The van der Waals surface area contributed by atoms with Crippen LogP contribution in [0.5, 0.6) is 5.75 Å². The number of rotatable bonds is 5. The van der Waals surface area contributed by atoms with Crippen molar-refractivity contribution in [2.24, 2.45) is 0 Å². The van der Waals surface area contributed by atoms with E-state index in [9.17, 15) is 10.1 Å². The summed E-state index contributed by atoms with van der Waals surface area (Å²) in [5.74, 6) is 0.796. The van der Waals surface area contributed by atoms with E-state index in [0.29, 0.717) is 5.56 Å². The summed E-state index contributed by atoms with van der Waals surface area (Å²) >= 11 is 1.43. The molecule has 0 radical (unpaired) electrons. The largest absolute Gasteiger partial charge is 0.497 e. The number of benzene rings is 1. The number of methoxy groups -OCH3 is 1. The maximum absolute atomic E-state index is 12.5. The second-order valence-corrected chi connectivity index (χ2v) is 6.32. The van der Waals surface area contributed by atoms with Gasteiger partial charge in [0.25, 0.3) is 0 Å². The second kappa shape index (κ2) is 6.73. The SMILES string of the molecule is COc1ccc(-c2c(C#N)cc(C)n2CC(=O)c2cccs2)cc1.